The lowest BCUT2D eigenvalue weighted by Crippen LogP contribution is -2.51. The number of hydrogen-bond donors (Lipinski definition) is 1. The predicted molar refractivity (Wildman–Crippen MR) is 102 cm³/mol. The van der Waals surface area contributed by atoms with Gasteiger partial charge >= 0.3 is 0 Å². The first-order valence-corrected chi connectivity index (χ1v) is 10.5. The lowest BCUT2D eigenvalue weighted by Gasteiger charge is -2.34. The highest BCUT2D eigenvalue weighted by atomic mass is 32.1. The van der Waals surface area contributed by atoms with E-state index in [1.807, 2.05) is 11.8 Å². The highest BCUT2D eigenvalue weighted by molar-refractivity contribution is 7.09. The number of aromatic nitrogens is 2. The molecule has 0 aromatic carbocycles. The maximum atomic E-state index is 12.4. The van der Waals surface area contributed by atoms with Crippen molar-refractivity contribution < 1.29 is 9.59 Å². The van der Waals surface area contributed by atoms with E-state index in [0.717, 1.165) is 43.3 Å². The van der Waals surface area contributed by atoms with Crippen LogP contribution in [-0.4, -0.2) is 58.8 Å². The molecular formula is C18H29N5O2S. The molecule has 1 saturated heterocycles. The Bertz CT molecular complexity index is 606. The Labute approximate surface area is 159 Å². The molecule has 0 radical (unpaired) electrons. The number of carbonyl (C=O) groups excluding carboxylic acids is 2. The third-order valence-electron chi connectivity index (χ3n) is 5.31. The summed E-state index contributed by atoms with van der Waals surface area (Å²) in [4.78, 5) is 32.9. The van der Waals surface area contributed by atoms with E-state index in [1.54, 1.807) is 0 Å². The van der Waals surface area contributed by atoms with Crippen molar-refractivity contribution in [2.24, 2.45) is 5.92 Å². The van der Waals surface area contributed by atoms with Crippen molar-refractivity contribution in [2.75, 3.05) is 37.6 Å². The minimum atomic E-state index is 0.00755. The van der Waals surface area contributed by atoms with Gasteiger partial charge in [-0.3, -0.25) is 9.59 Å². The number of anilines is 1. The SMILES string of the molecule is CCc1nsc(N2CCN(C(=O)CNC(=O)CC3CCCCC3)CC2)n1. The van der Waals surface area contributed by atoms with Gasteiger partial charge in [0.15, 0.2) is 0 Å². The molecule has 2 aliphatic rings. The summed E-state index contributed by atoms with van der Waals surface area (Å²) in [5.41, 5.74) is 0. The number of amides is 2. The molecule has 0 unspecified atom stereocenters. The monoisotopic (exact) mass is 379 g/mol. The summed E-state index contributed by atoms with van der Waals surface area (Å²) in [7, 11) is 0. The van der Waals surface area contributed by atoms with Gasteiger partial charge in [0.05, 0.1) is 6.54 Å². The van der Waals surface area contributed by atoms with Crippen molar-refractivity contribution in [3.05, 3.63) is 5.82 Å². The maximum Gasteiger partial charge on any atom is 0.242 e. The topological polar surface area (TPSA) is 78.4 Å². The van der Waals surface area contributed by atoms with Crippen LogP contribution in [0.2, 0.25) is 0 Å². The smallest absolute Gasteiger partial charge is 0.242 e. The average molecular weight is 380 g/mol. The van der Waals surface area contributed by atoms with Crippen molar-refractivity contribution in [3.63, 3.8) is 0 Å². The van der Waals surface area contributed by atoms with Crippen LogP contribution in [0.5, 0.6) is 0 Å². The minimum absolute atomic E-state index is 0.00755. The van der Waals surface area contributed by atoms with Gasteiger partial charge in [0.25, 0.3) is 0 Å². The lowest BCUT2D eigenvalue weighted by molar-refractivity contribution is -0.133. The molecule has 8 heteroatoms. The van der Waals surface area contributed by atoms with Gasteiger partial charge in [-0.2, -0.15) is 4.37 Å². The number of hydrogen-bond acceptors (Lipinski definition) is 6. The molecule has 2 heterocycles. The van der Waals surface area contributed by atoms with Crippen molar-refractivity contribution in [1.82, 2.24) is 19.6 Å². The molecule has 1 saturated carbocycles. The van der Waals surface area contributed by atoms with Crippen molar-refractivity contribution in [2.45, 2.75) is 51.9 Å². The largest absolute Gasteiger partial charge is 0.347 e. The Morgan fingerprint density at radius 3 is 2.54 bits per heavy atom. The summed E-state index contributed by atoms with van der Waals surface area (Å²) in [6.45, 7) is 5.02. The van der Waals surface area contributed by atoms with Crippen molar-refractivity contribution >= 4 is 28.5 Å². The zero-order valence-corrected chi connectivity index (χ0v) is 16.4. The summed E-state index contributed by atoms with van der Waals surface area (Å²) >= 11 is 1.43. The zero-order valence-electron chi connectivity index (χ0n) is 15.6. The van der Waals surface area contributed by atoms with Crippen LogP contribution < -0.4 is 10.2 Å². The highest BCUT2D eigenvalue weighted by Gasteiger charge is 2.24. The van der Waals surface area contributed by atoms with E-state index in [-0.39, 0.29) is 18.4 Å². The van der Waals surface area contributed by atoms with Gasteiger partial charge in [0.1, 0.15) is 5.82 Å². The molecule has 2 fully saturated rings. The number of nitrogens with one attached hydrogen (secondary N) is 1. The van der Waals surface area contributed by atoms with Crippen LogP contribution in [0.1, 0.15) is 51.3 Å². The van der Waals surface area contributed by atoms with E-state index in [2.05, 4.69) is 19.6 Å². The van der Waals surface area contributed by atoms with E-state index < -0.39 is 0 Å². The summed E-state index contributed by atoms with van der Waals surface area (Å²) in [6.07, 6.45) is 7.46. The number of piperazine rings is 1. The van der Waals surface area contributed by atoms with Crippen LogP contribution in [0.3, 0.4) is 0 Å². The first kappa shape index (κ1) is 19.1. The Morgan fingerprint density at radius 1 is 1.15 bits per heavy atom. The van der Waals surface area contributed by atoms with Crippen molar-refractivity contribution in [1.29, 1.82) is 0 Å². The summed E-state index contributed by atoms with van der Waals surface area (Å²) < 4.78 is 4.32. The Hall–Kier alpha value is -1.70. The normalized spacial score (nSPS) is 18.8. The quantitative estimate of drug-likeness (QED) is 0.816. The van der Waals surface area contributed by atoms with Gasteiger partial charge in [0.2, 0.25) is 16.9 Å². The molecular weight excluding hydrogens is 350 g/mol. The van der Waals surface area contributed by atoms with Gasteiger partial charge in [0, 0.05) is 50.6 Å². The fourth-order valence-electron chi connectivity index (χ4n) is 3.68. The number of rotatable bonds is 6. The summed E-state index contributed by atoms with van der Waals surface area (Å²) in [6, 6.07) is 0. The van der Waals surface area contributed by atoms with Crippen LogP contribution in [0.25, 0.3) is 0 Å². The predicted octanol–water partition coefficient (Wildman–Crippen LogP) is 1.84. The van der Waals surface area contributed by atoms with E-state index >= 15 is 0 Å². The molecule has 7 nitrogen and oxygen atoms in total. The average Bonchev–Trinajstić information content (AvgIpc) is 3.16. The lowest BCUT2D eigenvalue weighted by atomic mass is 9.87. The standard InChI is InChI=1S/C18H29N5O2S/c1-2-15-20-18(26-21-15)23-10-8-22(9-11-23)17(25)13-19-16(24)12-14-6-4-3-5-7-14/h14H,2-13H2,1H3,(H,19,24). The maximum absolute atomic E-state index is 12.4. The number of aryl methyl sites for hydroxylation is 1. The second-order valence-electron chi connectivity index (χ2n) is 7.20. The van der Waals surface area contributed by atoms with Gasteiger partial charge in [-0.15, -0.1) is 0 Å². The Morgan fingerprint density at radius 2 is 1.88 bits per heavy atom. The molecule has 26 heavy (non-hydrogen) atoms. The molecule has 1 N–H and O–H groups in total. The molecule has 1 aliphatic carbocycles. The molecule has 1 aromatic rings. The zero-order chi connectivity index (χ0) is 18.4. The fourth-order valence-corrected chi connectivity index (χ4v) is 4.48. The van der Waals surface area contributed by atoms with E-state index in [4.69, 9.17) is 0 Å². The molecule has 3 rings (SSSR count). The van der Waals surface area contributed by atoms with E-state index in [9.17, 15) is 9.59 Å². The molecule has 2 amide bonds. The van der Waals surface area contributed by atoms with Gasteiger partial charge < -0.3 is 15.1 Å². The van der Waals surface area contributed by atoms with Crippen LogP contribution in [-0.2, 0) is 16.0 Å². The fraction of sp³-hybridized carbons (Fsp3) is 0.778. The van der Waals surface area contributed by atoms with Crippen molar-refractivity contribution in [3.8, 4) is 0 Å². The Balaban J connectivity index is 1.37. The summed E-state index contributed by atoms with van der Waals surface area (Å²) in [5, 5.41) is 3.76. The highest BCUT2D eigenvalue weighted by Crippen LogP contribution is 2.26. The van der Waals surface area contributed by atoms with Crippen LogP contribution in [0, 0.1) is 5.92 Å². The number of nitrogens with zero attached hydrogens (tertiary/aromatic N) is 4. The summed E-state index contributed by atoms with van der Waals surface area (Å²) in [5.74, 6) is 1.41. The van der Waals surface area contributed by atoms with Crippen LogP contribution >= 0.6 is 11.5 Å². The third-order valence-corrected chi connectivity index (χ3v) is 6.13. The Kier molecular flexibility index (Phi) is 6.82. The van der Waals surface area contributed by atoms with Crippen LogP contribution in [0.4, 0.5) is 5.13 Å². The third kappa shape index (κ3) is 5.16. The van der Waals surface area contributed by atoms with E-state index in [1.165, 1.54) is 30.8 Å². The molecule has 0 bridgehead atoms. The van der Waals surface area contributed by atoms with Crippen LogP contribution in [0.15, 0.2) is 0 Å². The number of carbonyl (C=O) groups is 2. The second-order valence-corrected chi connectivity index (χ2v) is 7.93. The van der Waals surface area contributed by atoms with Gasteiger partial charge in [-0.1, -0.05) is 26.2 Å². The molecule has 1 aliphatic heterocycles. The first-order valence-electron chi connectivity index (χ1n) is 9.77. The first-order chi connectivity index (χ1) is 12.7. The van der Waals surface area contributed by atoms with E-state index in [0.29, 0.717) is 25.4 Å². The molecule has 1 aromatic heterocycles. The minimum Gasteiger partial charge on any atom is -0.347 e. The van der Waals surface area contributed by atoms with Gasteiger partial charge in [-0.05, 0) is 18.8 Å². The van der Waals surface area contributed by atoms with Gasteiger partial charge in [-0.25, -0.2) is 4.98 Å². The molecule has 0 atom stereocenters. The molecule has 144 valence electrons. The second kappa shape index (κ2) is 9.30. The molecule has 0 spiro atoms.